The molecule has 2 amide bonds. The van der Waals surface area contributed by atoms with E-state index in [9.17, 15) is 18.8 Å². The van der Waals surface area contributed by atoms with E-state index >= 15 is 0 Å². The summed E-state index contributed by atoms with van der Waals surface area (Å²) >= 11 is 0. The number of Topliss-reactive ketones (excluding diaryl/α,β-unsaturated/α-hetero) is 1. The fourth-order valence-electron chi connectivity index (χ4n) is 2.52. The minimum absolute atomic E-state index is 0.117. The van der Waals surface area contributed by atoms with Crippen LogP contribution in [0.5, 0.6) is 5.75 Å². The zero-order valence-electron chi connectivity index (χ0n) is 15.9. The number of ether oxygens (including phenoxy) is 1. The van der Waals surface area contributed by atoms with E-state index in [0.717, 1.165) is 5.56 Å². The van der Waals surface area contributed by atoms with Gasteiger partial charge < -0.3 is 15.0 Å². The number of para-hydroxylation sites is 1. The standard InChI is InChI=1S/C21H23FN2O4/c1-3-24(13-20(26)23-12-16-8-10-17(22)11-9-16)21(27)14-28-19-7-5-4-6-18(19)15(2)25/h4-11H,3,12-14H2,1-2H3,(H,23,26). The lowest BCUT2D eigenvalue weighted by Gasteiger charge is -2.21. The van der Waals surface area contributed by atoms with E-state index in [1.165, 1.54) is 24.0 Å². The van der Waals surface area contributed by atoms with Gasteiger partial charge in [-0.1, -0.05) is 24.3 Å². The van der Waals surface area contributed by atoms with Crippen LogP contribution in [0.1, 0.15) is 29.8 Å². The highest BCUT2D eigenvalue weighted by Gasteiger charge is 2.17. The van der Waals surface area contributed by atoms with Gasteiger partial charge in [-0.05, 0) is 43.7 Å². The summed E-state index contributed by atoms with van der Waals surface area (Å²) < 4.78 is 18.4. The molecule has 0 aliphatic rings. The second-order valence-corrected chi connectivity index (χ2v) is 6.15. The predicted octanol–water partition coefficient (Wildman–Crippen LogP) is 2.57. The number of halogens is 1. The number of nitrogens with one attached hydrogen (secondary N) is 1. The molecule has 148 valence electrons. The first-order valence-corrected chi connectivity index (χ1v) is 8.92. The van der Waals surface area contributed by atoms with Gasteiger partial charge in [-0.15, -0.1) is 0 Å². The van der Waals surface area contributed by atoms with Crippen molar-refractivity contribution in [2.45, 2.75) is 20.4 Å². The molecule has 0 bridgehead atoms. The number of nitrogens with zero attached hydrogens (tertiary/aromatic N) is 1. The van der Waals surface area contributed by atoms with Crippen LogP contribution in [-0.2, 0) is 16.1 Å². The summed E-state index contributed by atoms with van der Waals surface area (Å²) in [6.07, 6.45) is 0. The van der Waals surface area contributed by atoms with E-state index in [1.807, 2.05) is 0 Å². The third-order valence-electron chi connectivity index (χ3n) is 4.09. The topological polar surface area (TPSA) is 75.7 Å². The van der Waals surface area contributed by atoms with E-state index in [-0.39, 0.29) is 43.1 Å². The molecule has 7 heteroatoms. The van der Waals surface area contributed by atoms with Gasteiger partial charge in [-0.25, -0.2) is 4.39 Å². The SMILES string of the molecule is CCN(CC(=O)NCc1ccc(F)cc1)C(=O)COc1ccccc1C(C)=O. The van der Waals surface area contributed by atoms with Crippen molar-refractivity contribution < 1.29 is 23.5 Å². The number of ketones is 1. The van der Waals surface area contributed by atoms with Crippen LogP contribution in [0.2, 0.25) is 0 Å². The van der Waals surface area contributed by atoms with Gasteiger partial charge in [-0.2, -0.15) is 0 Å². The van der Waals surface area contributed by atoms with Crippen LogP contribution in [0.3, 0.4) is 0 Å². The Balaban J connectivity index is 1.86. The number of carbonyl (C=O) groups is 3. The number of benzene rings is 2. The minimum atomic E-state index is -0.363. The Morgan fingerprint density at radius 3 is 2.39 bits per heavy atom. The molecule has 0 fully saturated rings. The van der Waals surface area contributed by atoms with Crippen molar-refractivity contribution in [1.82, 2.24) is 10.2 Å². The van der Waals surface area contributed by atoms with E-state index in [2.05, 4.69) is 5.32 Å². The largest absolute Gasteiger partial charge is 0.483 e. The number of rotatable bonds is 9. The summed E-state index contributed by atoms with van der Waals surface area (Å²) in [6, 6.07) is 12.5. The quantitative estimate of drug-likeness (QED) is 0.672. The van der Waals surface area contributed by atoms with Crippen molar-refractivity contribution in [3.8, 4) is 5.75 Å². The number of likely N-dealkylation sites (N-methyl/N-ethyl adjacent to an activating group) is 1. The van der Waals surface area contributed by atoms with Crippen LogP contribution in [0.25, 0.3) is 0 Å². The maximum atomic E-state index is 12.9. The maximum absolute atomic E-state index is 12.9. The van der Waals surface area contributed by atoms with Crippen LogP contribution in [-0.4, -0.2) is 42.2 Å². The summed E-state index contributed by atoms with van der Waals surface area (Å²) in [6.45, 7) is 3.37. The van der Waals surface area contributed by atoms with Crippen molar-refractivity contribution in [2.75, 3.05) is 19.7 Å². The maximum Gasteiger partial charge on any atom is 0.260 e. The molecule has 28 heavy (non-hydrogen) atoms. The molecule has 2 rings (SSSR count). The van der Waals surface area contributed by atoms with Crippen molar-refractivity contribution in [3.05, 3.63) is 65.5 Å². The predicted molar refractivity (Wildman–Crippen MR) is 102 cm³/mol. The molecule has 0 aliphatic heterocycles. The fraction of sp³-hybridized carbons (Fsp3) is 0.286. The zero-order valence-corrected chi connectivity index (χ0v) is 15.9. The van der Waals surface area contributed by atoms with Gasteiger partial charge in [0.25, 0.3) is 5.91 Å². The Morgan fingerprint density at radius 2 is 1.75 bits per heavy atom. The van der Waals surface area contributed by atoms with Gasteiger partial charge in [-0.3, -0.25) is 14.4 Å². The molecule has 0 saturated carbocycles. The van der Waals surface area contributed by atoms with Crippen molar-refractivity contribution >= 4 is 17.6 Å². The number of hydrogen-bond acceptors (Lipinski definition) is 4. The van der Waals surface area contributed by atoms with Crippen molar-refractivity contribution in [2.24, 2.45) is 0 Å². The average Bonchev–Trinajstić information content (AvgIpc) is 2.69. The number of hydrogen-bond donors (Lipinski definition) is 1. The van der Waals surface area contributed by atoms with Crippen LogP contribution in [0, 0.1) is 5.82 Å². The molecule has 0 radical (unpaired) electrons. The van der Waals surface area contributed by atoms with E-state index in [0.29, 0.717) is 17.9 Å². The summed E-state index contributed by atoms with van der Waals surface area (Å²) in [7, 11) is 0. The molecular weight excluding hydrogens is 363 g/mol. The molecule has 0 heterocycles. The van der Waals surface area contributed by atoms with Gasteiger partial charge in [0.1, 0.15) is 11.6 Å². The molecular formula is C21H23FN2O4. The Bertz CT molecular complexity index is 837. The fourth-order valence-corrected chi connectivity index (χ4v) is 2.52. The molecule has 0 atom stereocenters. The molecule has 2 aromatic carbocycles. The molecule has 6 nitrogen and oxygen atoms in total. The van der Waals surface area contributed by atoms with Crippen LogP contribution >= 0.6 is 0 Å². The summed E-state index contributed by atoms with van der Waals surface area (Å²) in [4.78, 5) is 37.4. The smallest absolute Gasteiger partial charge is 0.260 e. The first kappa shape index (κ1) is 21.1. The third-order valence-corrected chi connectivity index (χ3v) is 4.09. The van der Waals surface area contributed by atoms with Gasteiger partial charge in [0.05, 0.1) is 12.1 Å². The zero-order chi connectivity index (χ0) is 20.5. The molecule has 0 aromatic heterocycles. The summed E-state index contributed by atoms with van der Waals surface area (Å²) in [5, 5.41) is 2.70. The Hall–Kier alpha value is -3.22. The summed E-state index contributed by atoms with van der Waals surface area (Å²) in [5.41, 5.74) is 1.16. The summed E-state index contributed by atoms with van der Waals surface area (Å²) in [5.74, 6) is -0.860. The van der Waals surface area contributed by atoms with Crippen LogP contribution in [0.4, 0.5) is 4.39 Å². The highest BCUT2D eigenvalue weighted by molar-refractivity contribution is 5.96. The van der Waals surface area contributed by atoms with Gasteiger partial charge in [0.2, 0.25) is 5.91 Å². The first-order valence-electron chi connectivity index (χ1n) is 8.92. The van der Waals surface area contributed by atoms with Crippen molar-refractivity contribution in [3.63, 3.8) is 0 Å². The Kier molecular flexibility index (Phi) is 7.68. The highest BCUT2D eigenvalue weighted by atomic mass is 19.1. The lowest BCUT2D eigenvalue weighted by molar-refractivity contribution is -0.137. The first-order chi connectivity index (χ1) is 13.4. The van der Waals surface area contributed by atoms with Crippen LogP contribution < -0.4 is 10.1 Å². The average molecular weight is 386 g/mol. The van der Waals surface area contributed by atoms with E-state index in [1.54, 1.807) is 43.3 Å². The minimum Gasteiger partial charge on any atom is -0.483 e. The van der Waals surface area contributed by atoms with Crippen molar-refractivity contribution in [1.29, 1.82) is 0 Å². The van der Waals surface area contributed by atoms with Crippen LogP contribution in [0.15, 0.2) is 48.5 Å². The number of amides is 2. The Morgan fingerprint density at radius 1 is 1.07 bits per heavy atom. The van der Waals surface area contributed by atoms with Gasteiger partial charge in [0.15, 0.2) is 12.4 Å². The van der Waals surface area contributed by atoms with E-state index < -0.39 is 0 Å². The molecule has 0 aliphatic carbocycles. The Labute approximate surface area is 163 Å². The second-order valence-electron chi connectivity index (χ2n) is 6.15. The second kappa shape index (κ2) is 10.2. The molecule has 2 aromatic rings. The molecule has 0 unspecified atom stereocenters. The number of carbonyl (C=O) groups excluding carboxylic acids is 3. The highest BCUT2D eigenvalue weighted by Crippen LogP contribution is 2.18. The molecule has 1 N–H and O–H groups in total. The van der Waals surface area contributed by atoms with E-state index in [4.69, 9.17) is 4.74 Å². The molecule has 0 spiro atoms. The third kappa shape index (κ3) is 6.19. The lowest BCUT2D eigenvalue weighted by atomic mass is 10.1. The lowest BCUT2D eigenvalue weighted by Crippen LogP contribution is -2.42. The normalized spacial score (nSPS) is 10.2. The van der Waals surface area contributed by atoms with Gasteiger partial charge in [0, 0.05) is 13.1 Å². The van der Waals surface area contributed by atoms with Gasteiger partial charge >= 0.3 is 0 Å². The monoisotopic (exact) mass is 386 g/mol. The molecule has 0 saturated heterocycles.